The smallest absolute Gasteiger partial charge is 0.305 e. The molecule has 23 heavy (non-hydrogen) atoms. The van der Waals surface area contributed by atoms with Crippen LogP contribution in [-0.4, -0.2) is 13.1 Å². The Kier molecular flexibility index (Phi) is 4.96. The van der Waals surface area contributed by atoms with Gasteiger partial charge in [0.1, 0.15) is 12.4 Å². The van der Waals surface area contributed by atoms with Crippen molar-refractivity contribution in [3.05, 3.63) is 65.7 Å². The molecular weight excluding hydrogens is 288 g/mol. The van der Waals surface area contributed by atoms with Gasteiger partial charge in [0.25, 0.3) is 0 Å². The van der Waals surface area contributed by atoms with Gasteiger partial charge in [-0.05, 0) is 47.9 Å². The van der Waals surface area contributed by atoms with Gasteiger partial charge in [0.2, 0.25) is 0 Å². The van der Waals surface area contributed by atoms with Crippen molar-refractivity contribution in [3.63, 3.8) is 0 Å². The summed E-state index contributed by atoms with van der Waals surface area (Å²) in [7, 11) is 1.45. The van der Waals surface area contributed by atoms with Gasteiger partial charge in [-0.25, -0.2) is 0 Å². The van der Waals surface area contributed by atoms with E-state index in [0.717, 1.165) is 12.2 Å². The molecule has 0 aromatic heterocycles. The van der Waals surface area contributed by atoms with Crippen LogP contribution in [0.2, 0.25) is 0 Å². The lowest BCUT2D eigenvalue weighted by Crippen LogP contribution is -2.00. The molecule has 1 aliphatic rings. The van der Waals surface area contributed by atoms with E-state index in [0.29, 0.717) is 24.9 Å². The molecule has 0 aliphatic heterocycles. The zero-order chi connectivity index (χ0) is 16.1. The molecule has 0 saturated heterocycles. The van der Waals surface area contributed by atoms with E-state index < -0.39 is 0 Å². The molecule has 2 aromatic carbocycles. The molecule has 0 bridgehead atoms. The first-order valence-corrected chi connectivity index (χ1v) is 8.10. The van der Waals surface area contributed by atoms with Gasteiger partial charge >= 0.3 is 5.97 Å². The summed E-state index contributed by atoms with van der Waals surface area (Å²) < 4.78 is 10.5. The standard InChI is InChI=1S/C20H22O3/c1-22-20(21)12-9-17-13-19(17)16-7-10-18(11-8-16)23-14-15-5-3-2-4-6-15/h2-8,10-11,17,19H,9,12-14H2,1H3. The maximum Gasteiger partial charge on any atom is 0.305 e. The number of rotatable bonds is 7. The molecule has 3 heteroatoms. The highest BCUT2D eigenvalue weighted by Gasteiger charge is 2.37. The predicted molar refractivity (Wildman–Crippen MR) is 89.3 cm³/mol. The van der Waals surface area contributed by atoms with Gasteiger partial charge in [-0.3, -0.25) is 4.79 Å². The first kappa shape index (κ1) is 15.6. The Labute approximate surface area is 137 Å². The molecule has 1 fully saturated rings. The molecule has 2 unspecified atom stereocenters. The van der Waals surface area contributed by atoms with Gasteiger partial charge in [0, 0.05) is 6.42 Å². The van der Waals surface area contributed by atoms with Gasteiger partial charge in [0.05, 0.1) is 7.11 Å². The average molecular weight is 310 g/mol. The maximum absolute atomic E-state index is 11.2. The molecule has 2 atom stereocenters. The van der Waals surface area contributed by atoms with Crippen molar-refractivity contribution in [2.75, 3.05) is 7.11 Å². The highest BCUT2D eigenvalue weighted by Crippen LogP contribution is 2.50. The summed E-state index contributed by atoms with van der Waals surface area (Å²) in [4.78, 5) is 11.2. The van der Waals surface area contributed by atoms with Crippen LogP contribution in [-0.2, 0) is 16.1 Å². The van der Waals surface area contributed by atoms with Crippen LogP contribution in [0, 0.1) is 5.92 Å². The number of hydrogen-bond acceptors (Lipinski definition) is 3. The van der Waals surface area contributed by atoms with Crippen LogP contribution in [0.25, 0.3) is 0 Å². The number of ether oxygens (including phenoxy) is 2. The van der Waals surface area contributed by atoms with Gasteiger partial charge in [-0.1, -0.05) is 42.5 Å². The van der Waals surface area contributed by atoms with Crippen molar-refractivity contribution in [1.82, 2.24) is 0 Å². The zero-order valence-corrected chi connectivity index (χ0v) is 13.4. The molecule has 1 saturated carbocycles. The highest BCUT2D eigenvalue weighted by atomic mass is 16.5. The van der Waals surface area contributed by atoms with Crippen LogP contribution < -0.4 is 4.74 Å². The normalized spacial score (nSPS) is 19.2. The Bertz CT molecular complexity index is 634. The van der Waals surface area contributed by atoms with Crippen LogP contribution >= 0.6 is 0 Å². The monoisotopic (exact) mass is 310 g/mol. The maximum atomic E-state index is 11.2. The van der Waals surface area contributed by atoms with Crippen molar-refractivity contribution in [1.29, 1.82) is 0 Å². The second-order valence-electron chi connectivity index (χ2n) is 6.06. The average Bonchev–Trinajstić information content (AvgIpc) is 3.39. The van der Waals surface area contributed by atoms with Crippen molar-refractivity contribution in [3.8, 4) is 5.75 Å². The second kappa shape index (κ2) is 7.32. The Morgan fingerprint density at radius 3 is 2.52 bits per heavy atom. The number of esters is 1. The minimum atomic E-state index is -0.111. The molecular formula is C20H22O3. The van der Waals surface area contributed by atoms with Crippen molar-refractivity contribution in [2.45, 2.75) is 31.8 Å². The number of carbonyl (C=O) groups is 1. The summed E-state index contributed by atoms with van der Waals surface area (Å²) in [6.07, 6.45) is 2.61. The van der Waals surface area contributed by atoms with Crippen LogP contribution in [0.4, 0.5) is 0 Å². The summed E-state index contributed by atoms with van der Waals surface area (Å²) in [5.74, 6) is 1.98. The van der Waals surface area contributed by atoms with Crippen LogP contribution in [0.3, 0.4) is 0 Å². The molecule has 0 N–H and O–H groups in total. The number of benzene rings is 2. The first-order chi connectivity index (χ1) is 11.3. The van der Waals surface area contributed by atoms with E-state index in [-0.39, 0.29) is 5.97 Å². The van der Waals surface area contributed by atoms with Gasteiger partial charge in [-0.2, -0.15) is 0 Å². The molecule has 0 spiro atoms. The third kappa shape index (κ3) is 4.35. The Morgan fingerprint density at radius 2 is 1.83 bits per heavy atom. The summed E-state index contributed by atoms with van der Waals surface area (Å²) >= 11 is 0. The minimum Gasteiger partial charge on any atom is -0.489 e. The summed E-state index contributed by atoms with van der Waals surface area (Å²) in [6.45, 7) is 0.589. The van der Waals surface area contributed by atoms with Gasteiger partial charge in [0.15, 0.2) is 0 Å². The lowest BCUT2D eigenvalue weighted by molar-refractivity contribution is -0.140. The van der Waals surface area contributed by atoms with Gasteiger partial charge in [-0.15, -0.1) is 0 Å². The molecule has 0 amide bonds. The Balaban J connectivity index is 1.47. The van der Waals surface area contributed by atoms with Crippen LogP contribution in [0.5, 0.6) is 5.75 Å². The number of carbonyl (C=O) groups excluding carboxylic acids is 1. The number of methoxy groups -OCH3 is 1. The third-order valence-electron chi connectivity index (χ3n) is 4.43. The van der Waals surface area contributed by atoms with E-state index in [1.54, 1.807) is 0 Å². The topological polar surface area (TPSA) is 35.5 Å². The van der Waals surface area contributed by atoms with Crippen molar-refractivity contribution in [2.24, 2.45) is 5.92 Å². The molecule has 2 aromatic rings. The van der Waals surface area contributed by atoms with E-state index in [1.807, 2.05) is 30.3 Å². The summed E-state index contributed by atoms with van der Waals surface area (Å²) in [5.41, 5.74) is 2.51. The van der Waals surface area contributed by atoms with E-state index >= 15 is 0 Å². The Morgan fingerprint density at radius 1 is 1.09 bits per heavy atom. The lowest BCUT2D eigenvalue weighted by Gasteiger charge is -2.07. The fourth-order valence-electron chi connectivity index (χ4n) is 2.93. The quantitative estimate of drug-likeness (QED) is 0.714. The molecule has 0 heterocycles. The fraction of sp³-hybridized carbons (Fsp3) is 0.350. The van der Waals surface area contributed by atoms with Crippen LogP contribution in [0.15, 0.2) is 54.6 Å². The van der Waals surface area contributed by atoms with Gasteiger partial charge < -0.3 is 9.47 Å². The molecule has 120 valence electrons. The van der Waals surface area contributed by atoms with Crippen molar-refractivity contribution >= 4 is 5.97 Å². The lowest BCUT2D eigenvalue weighted by atomic mass is 10.1. The van der Waals surface area contributed by atoms with E-state index in [9.17, 15) is 4.79 Å². The molecule has 3 rings (SSSR count). The highest BCUT2D eigenvalue weighted by molar-refractivity contribution is 5.69. The number of hydrogen-bond donors (Lipinski definition) is 0. The van der Waals surface area contributed by atoms with E-state index in [1.165, 1.54) is 24.7 Å². The summed E-state index contributed by atoms with van der Waals surface area (Å²) in [6, 6.07) is 18.5. The Hall–Kier alpha value is -2.29. The van der Waals surface area contributed by atoms with E-state index in [4.69, 9.17) is 9.47 Å². The van der Waals surface area contributed by atoms with Crippen LogP contribution in [0.1, 0.15) is 36.3 Å². The predicted octanol–water partition coefficient (Wildman–Crippen LogP) is 4.32. The SMILES string of the molecule is COC(=O)CCC1CC1c1ccc(OCc2ccccc2)cc1. The minimum absolute atomic E-state index is 0.111. The first-order valence-electron chi connectivity index (χ1n) is 8.10. The zero-order valence-electron chi connectivity index (χ0n) is 13.4. The fourth-order valence-corrected chi connectivity index (χ4v) is 2.93. The van der Waals surface area contributed by atoms with Crippen molar-refractivity contribution < 1.29 is 14.3 Å². The van der Waals surface area contributed by atoms with E-state index in [2.05, 4.69) is 24.3 Å². The molecule has 1 aliphatic carbocycles. The summed E-state index contributed by atoms with van der Waals surface area (Å²) in [5, 5.41) is 0. The molecule has 3 nitrogen and oxygen atoms in total. The second-order valence-corrected chi connectivity index (χ2v) is 6.06. The largest absolute Gasteiger partial charge is 0.489 e. The molecule has 0 radical (unpaired) electrons. The third-order valence-corrected chi connectivity index (χ3v) is 4.43.